The Balaban J connectivity index is 1.32. The number of nitrogens with one attached hydrogen (secondary N) is 1. The number of pyridine rings is 1. The lowest BCUT2D eigenvalue weighted by atomic mass is 10.0. The van der Waals surface area contributed by atoms with Crippen molar-refractivity contribution < 1.29 is 4.79 Å². The number of carbonyl (C=O) groups is 1. The Bertz CT molecular complexity index is 1210. The Morgan fingerprint density at radius 2 is 1.88 bits per heavy atom. The predicted octanol–water partition coefficient (Wildman–Crippen LogP) is 5.67. The number of nitrogens with zero attached hydrogens (tertiary/aromatic N) is 2. The Hall–Kier alpha value is -3.02. The van der Waals surface area contributed by atoms with Crippen LogP contribution in [-0.2, 0) is 6.54 Å². The van der Waals surface area contributed by atoms with E-state index in [0.29, 0.717) is 5.56 Å². The first-order chi connectivity index (χ1) is 15.7. The Morgan fingerprint density at radius 1 is 1.06 bits per heavy atom. The maximum atomic E-state index is 13.4. The first kappa shape index (κ1) is 20.9. The number of hydrogen-bond acceptors (Lipinski definition) is 4. The summed E-state index contributed by atoms with van der Waals surface area (Å²) in [6.07, 6.45) is 1.94. The van der Waals surface area contributed by atoms with E-state index in [1.165, 1.54) is 5.56 Å². The highest BCUT2D eigenvalue weighted by Gasteiger charge is 2.23. The van der Waals surface area contributed by atoms with Crippen LogP contribution in [0.4, 0.5) is 0 Å². The Labute approximate surface area is 192 Å². The van der Waals surface area contributed by atoms with Gasteiger partial charge in [-0.05, 0) is 55.0 Å². The number of thiophene rings is 1. The van der Waals surface area contributed by atoms with E-state index in [1.54, 1.807) is 11.3 Å². The zero-order valence-electron chi connectivity index (χ0n) is 18.3. The molecule has 162 valence electrons. The number of likely N-dealkylation sites (tertiary alicyclic amines) is 1. The van der Waals surface area contributed by atoms with Gasteiger partial charge >= 0.3 is 0 Å². The minimum atomic E-state index is 0.00214. The second kappa shape index (κ2) is 9.23. The van der Waals surface area contributed by atoms with Gasteiger partial charge in [-0.25, -0.2) is 4.98 Å². The van der Waals surface area contributed by atoms with E-state index in [0.717, 1.165) is 59.5 Å². The van der Waals surface area contributed by atoms with E-state index < -0.39 is 0 Å². The van der Waals surface area contributed by atoms with Crippen LogP contribution >= 0.6 is 11.3 Å². The van der Waals surface area contributed by atoms with Crippen molar-refractivity contribution in [2.24, 2.45) is 0 Å². The zero-order chi connectivity index (χ0) is 21.9. The summed E-state index contributed by atoms with van der Waals surface area (Å²) in [7, 11) is 0. The second-order valence-electron chi connectivity index (χ2n) is 8.56. The van der Waals surface area contributed by atoms with E-state index >= 15 is 0 Å². The summed E-state index contributed by atoms with van der Waals surface area (Å²) in [5.74, 6) is 0.00214. The Morgan fingerprint density at radius 3 is 2.62 bits per heavy atom. The van der Waals surface area contributed by atoms with Crippen LogP contribution in [0.25, 0.3) is 21.5 Å². The number of hydrogen-bond donors (Lipinski definition) is 1. The second-order valence-corrected chi connectivity index (χ2v) is 9.51. The fourth-order valence-corrected chi connectivity index (χ4v) is 5.10. The standard InChI is InChI=1S/C27H27N3OS/c1-19-9-10-24-22(16-19)23(17-25(29-24)26-8-5-15-32-26)27(31)28-21-11-13-30(14-12-21)18-20-6-3-2-4-7-20/h2-10,15-17,21H,11-14,18H2,1H3,(H,28,31). The van der Waals surface area contributed by atoms with Crippen molar-refractivity contribution in [1.82, 2.24) is 15.2 Å². The molecule has 0 aliphatic carbocycles. The van der Waals surface area contributed by atoms with Gasteiger partial charge in [-0.3, -0.25) is 9.69 Å². The molecule has 0 atom stereocenters. The highest BCUT2D eigenvalue weighted by Crippen LogP contribution is 2.28. The monoisotopic (exact) mass is 441 g/mol. The summed E-state index contributed by atoms with van der Waals surface area (Å²) >= 11 is 1.64. The zero-order valence-corrected chi connectivity index (χ0v) is 19.1. The summed E-state index contributed by atoms with van der Waals surface area (Å²) < 4.78 is 0. The lowest BCUT2D eigenvalue weighted by molar-refractivity contribution is 0.0910. The van der Waals surface area contributed by atoms with Crippen LogP contribution < -0.4 is 5.32 Å². The molecule has 4 nitrogen and oxygen atoms in total. The van der Waals surface area contributed by atoms with Crippen molar-refractivity contribution in [3.63, 3.8) is 0 Å². The molecule has 1 saturated heterocycles. The van der Waals surface area contributed by atoms with Crippen LogP contribution in [0, 0.1) is 6.92 Å². The van der Waals surface area contributed by atoms with Gasteiger partial charge in [0.2, 0.25) is 0 Å². The molecule has 5 heteroatoms. The van der Waals surface area contributed by atoms with Crippen molar-refractivity contribution >= 4 is 28.1 Å². The van der Waals surface area contributed by atoms with Gasteiger partial charge in [-0.1, -0.05) is 48.0 Å². The van der Waals surface area contributed by atoms with Crippen LogP contribution in [0.5, 0.6) is 0 Å². The third-order valence-corrected chi connectivity index (χ3v) is 7.05. The van der Waals surface area contributed by atoms with Gasteiger partial charge in [-0.2, -0.15) is 0 Å². The number of amides is 1. The van der Waals surface area contributed by atoms with Crippen LogP contribution in [0.1, 0.15) is 34.3 Å². The molecule has 3 heterocycles. The highest BCUT2D eigenvalue weighted by atomic mass is 32.1. The summed E-state index contributed by atoms with van der Waals surface area (Å²) in [4.78, 5) is 21.8. The lowest BCUT2D eigenvalue weighted by Crippen LogP contribution is -2.44. The van der Waals surface area contributed by atoms with E-state index in [-0.39, 0.29) is 11.9 Å². The molecule has 0 bridgehead atoms. The van der Waals surface area contributed by atoms with Crippen LogP contribution in [0.3, 0.4) is 0 Å². The van der Waals surface area contributed by atoms with Gasteiger partial charge in [0.1, 0.15) is 0 Å². The third-order valence-electron chi connectivity index (χ3n) is 6.15. The predicted molar refractivity (Wildman–Crippen MR) is 132 cm³/mol. The third kappa shape index (κ3) is 4.59. The maximum Gasteiger partial charge on any atom is 0.252 e. The van der Waals surface area contributed by atoms with Crippen molar-refractivity contribution in [3.05, 3.63) is 88.8 Å². The Kier molecular flexibility index (Phi) is 6.02. The molecule has 0 saturated carbocycles. The van der Waals surface area contributed by atoms with E-state index in [1.807, 2.05) is 23.6 Å². The average Bonchev–Trinajstić information content (AvgIpc) is 3.35. The van der Waals surface area contributed by atoms with Crippen molar-refractivity contribution in [1.29, 1.82) is 0 Å². The minimum Gasteiger partial charge on any atom is -0.349 e. The van der Waals surface area contributed by atoms with Gasteiger partial charge in [0.05, 0.1) is 21.7 Å². The number of benzene rings is 2. The lowest BCUT2D eigenvalue weighted by Gasteiger charge is -2.32. The molecule has 0 unspecified atom stereocenters. The molecule has 32 heavy (non-hydrogen) atoms. The van der Waals surface area contributed by atoms with Gasteiger partial charge in [-0.15, -0.1) is 11.3 Å². The highest BCUT2D eigenvalue weighted by molar-refractivity contribution is 7.13. The molecule has 5 rings (SSSR count). The largest absolute Gasteiger partial charge is 0.349 e. The number of carbonyl (C=O) groups excluding carboxylic acids is 1. The molecule has 0 radical (unpaired) electrons. The molecular formula is C27H27N3OS. The number of fused-ring (bicyclic) bond motifs is 1. The number of aromatic nitrogens is 1. The van der Waals surface area contributed by atoms with E-state index in [2.05, 4.69) is 65.7 Å². The fourth-order valence-electron chi connectivity index (χ4n) is 4.42. The summed E-state index contributed by atoms with van der Waals surface area (Å²) in [5.41, 5.74) is 4.92. The van der Waals surface area contributed by atoms with E-state index in [4.69, 9.17) is 4.98 Å². The topological polar surface area (TPSA) is 45.2 Å². The number of piperidine rings is 1. The normalized spacial score (nSPS) is 15.2. The summed E-state index contributed by atoms with van der Waals surface area (Å²) in [6, 6.07) is 22.9. The first-order valence-electron chi connectivity index (χ1n) is 11.2. The number of aryl methyl sites for hydroxylation is 1. The maximum absolute atomic E-state index is 13.4. The molecule has 1 fully saturated rings. The molecule has 2 aromatic heterocycles. The van der Waals surface area contributed by atoms with Crippen LogP contribution in [0.15, 0.2) is 72.1 Å². The summed E-state index contributed by atoms with van der Waals surface area (Å²) in [6.45, 7) is 5.02. The molecule has 1 aliphatic rings. The van der Waals surface area contributed by atoms with Crippen molar-refractivity contribution in [3.8, 4) is 10.6 Å². The van der Waals surface area contributed by atoms with Gasteiger partial charge < -0.3 is 5.32 Å². The average molecular weight is 442 g/mol. The molecule has 0 spiro atoms. The SMILES string of the molecule is Cc1ccc2nc(-c3cccs3)cc(C(=O)NC3CCN(Cc4ccccc4)CC3)c2c1. The van der Waals surface area contributed by atoms with Gasteiger partial charge in [0.25, 0.3) is 5.91 Å². The summed E-state index contributed by atoms with van der Waals surface area (Å²) in [5, 5.41) is 6.28. The molecule has 1 N–H and O–H groups in total. The number of rotatable bonds is 5. The minimum absolute atomic E-state index is 0.00214. The van der Waals surface area contributed by atoms with Crippen LogP contribution in [0.2, 0.25) is 0 Å². The quantitative estimate of drug-likeness (QED) is 0.434. The smallest absolute Gasteiger partial charge is 0.252 e. The molecule has 1 aliphatic heterocycles. The van der Waals surface area contributed by atoms with Crippen molar-refractivity contribution in [2.75, 3.05) is 13.1 Å². The molecule has 4 aromatic rings. The first-order valence-corrected chi connectivity index (χ1v) is 12.1. The van der Waals surface area contributed by atoms with Gasteiger partial charge in [0, 0.05) is 31.1 Å². The molecule has 2 aromatic carbocycles. The fraction of sp³-hybridized carbons (Fsp3) is 0.259. The molecule has 1 amide bonds. The van der Waals surface area contributed by atoms with Crippen LogP contribution in [-0.4, -0.2) is 34.9 Å². The van der Waals surface area contributed by atoms with E-state index in [9.17, 15) is 4.79 Å². The van der Waals surface area contributed by atoms with Gasteiger partial charge in [0.15, 0.2) is 0 Å². The van der Waals surface area contributed by atoms with Crippen molar-refractivity contribution in [2.45, 2.75) is 32.4 Å². The molecular weight excluding hydrogens is 414 g/mol.